The van der Waals surface area contributed by atoms with Crippen LogP contribution in [0.15, 0.2) is 18.2 Å². The van der Waals surface area contributed by atoms with Gasteiger partial charge in [-0.2, -0.15) is 0 Å². The first-order chi connectivity index (χ1) is 9.38. The number of aliphatic carboxylic acids is 1. The number of rotatable bonds is 4. The topological polar surface area (TPSA) is 95.5 Å². The molecular weight excluding hydrogens is 260 g/mol. The lowest BCUT2D eigenvalue weighted by molar-refractivity contribution is -0.139. The molecule has 2 rings (SSSR count). The molecular formula is C14H16N2O4. The van der Waals surface area contributed by atoms with E-state index in [1.165, 1.54) is 6.92 Å². The van der Waals surface area contributed by atoms with Crippen LogP contribution in [0, 0.1) is 18.8 Å². The van der Waals surface area contributed by atoms with Gasteiger partial charge in [0.1, 0.15) is 0 Å². The molecule has 0 heterocycles. The predicted octanol–water partition coefficient (Wildman–Crippen LogP) is 1.61. The van der Waals surface area contributed by atoms with Gasteiger partial charge in [-0.25, -0.2) is 0 Å². The Hall–Kier alpha value is -2.37. The smallest absolute Gasteiger partial charge is 0.307 e. The van der Waals surface area contributed by atoms with Crippen molar-refractivity contribution in [3.05, 3.63) is 23.8 Å². The zero-order valence-electron chi connectivity index (χ0n) is 11.3. The average Bonchev–Trinajstić information content (AvgIpc) is 3.13. The number of carbonyl (C=O) groups is 3. The molecule has 6 nitrogen and oxygen atoms in total. The number of hydrogen-bond donors (Lipinski definition) is 3. The Labute approximate surface area is 116 Å². The highest BCUT2D eigenvalue weighted by atomic mass is 16.4. The molecule has 0 spiro atoms. The van der Waals surface area contributed by atoms with E-state index in [4.69, 9.17) is 5.11 Å². The van der Waals surface area contributed by atoms with Gasteiger partial charge < -0.3 is 15.7 Å². The summed E-state index contributed by atoms with van der Waals surface area (Å²) in [5.41, 5.74) is 2.05. The minimum Gasteiger partial charge on any atom is -0.481 e. The van der Waals surface area contributed by atoms with E-state index < -0.39 is 17.8 Å². The number of benzene rings is 1. The molecule has 1 aliphatic carbocycles. The molecule has 0 radical (unpaired) electrons. The molecule has 106 valence electrons. The zero-order valence-corrected chi connectivity index (χ0v) is 11.3. The quantitative estimate of drug-likeness (QED) is 0.778. The molecule has 6 heteroatoms. The molecule has 1 aliphatic rings. The van der Waals surface area contributed by atoms with E-state index in [0.717, 1.165) is 5.56 Å². The Morgan fingerprint density at radius 3 is 2.45 bits per heavy atom. The molecule has 2 unspecified atom stereocenters. The predicted molar refractivity (Wildman–Crippen MR) is 73.3 cm³/mol. The SMILES string of the molecule is CC(=O)Nc1cc(NC(=O)C2CC2C(=O)O)ccc1C. The normalized spacial score (nSPS) is 20.1. The Morgan fingerprint density at radius 1 is 1.20 bits per heavy atom. The molecule has 3 N–H and O–H groups in total. The third-order valence-corrected chi connectivity index (χ3v) is 3.26. The average molecular weight is 276 g/mol. The first-order valence-electron chi connectivity index (χ1n) is 6.30. The van der Waals surface area contributed by atoms with Crippen molar-refractivity contribution in [3.63, 3.8) is 0 Å². The van der Waals surface area contributed by atoms with Gasteiger partial charge in [-0.3, -0.25) is 14.4 Å². The van der Waals surface area contributed by atoms with Gasteiger partial charge in [0.2, 0.25) is 11.8 Å². The number of anilines is 2. The van der Waals surface area contributed by atoms with Crippen molar-refractivity contribution in [1.29, 1.82) is 0 Å². The first-order valence-corrected chi connectivity index (χ1v) is 6.30. The standard InChI is InChI=1S/C14H16N2O4/c1-7-3-4-9(5-12(7)15-8(2)17)16-13(18)10-6-11(10)14(19)20/h3-5,10-11H,6H2,1-2H3,(H,15,17)(H,16,18)(H,19,20). The Balaban J connectivity index is 2.05. The number of aryl methyl sites for hydroxylation is 1. The van der Waals surface area contributed by atoms with Crippen LogP contribution in [-0.2, 0) is 14.4 Å². The van der Waals surface area contributed by atoms with Crippen LogP contribution in [0.5, 0.6) is 0 Å². The fourth-order valence-corrected chi connectivity index (χ4v) is 2.02. The number of hydrogen-bond acceptors (Lipinski definition) is 3. The summed E-state index contributed by atoms with van der Waals surface area (Å²) in [5, 5.41) is 14.1. The zero-order chi connectivity index (χ0) is 14.9. The third kappa shape index (κ3) is 3.14. The van der Waals surface area contributed by atoms with Crippen LogP contribution < -0.4 is 10.6 Å². The van der Waals surface area contributed by atoms with Crippen molar-refractivity contribution in [1.82, 2.24) is 0 Å². The van der Waals surface area contributed by atoms with Gasteiger partial charge in [0, 0.05) is 18.3 Å². The van der Waals surface area contributed by atoms with E-state index in [-0.39, 0.29) is 11.8 Å². The fraction of sp³-hybridized carbons (Fsp3) is 0.357. The minimum absolute atomic E-state index is 0.190. The van der Waals surface area contributed by atoms with Gasteiger partial charge in [0.25, 0.3) is 0 Å². The summed E-state index contributed by atoms with van der Waals surface area (Å²) in [5.74, 6) is -2.46. The van der Waals surface area contributed by atoms with Crippen molar-refractivity contribution >= 4 is 29.2 Å². The number of nitrogens with one attached hydrogen (secondary N) is 2. The van der Waals surface area contributed by atoms with Crippen molar-refractivity contribution in [2.45, 2.75) is 20.3 Å². The number of carboxylic acid groups (broad SMARTS) is 1. The van der Waals surface area contributed by atoms with Crippen molar-refractivity contribution in [2.24, 2.45) is 11.8 Å². The molecule has 0 bridgehead atoms. The Bertz CT molecular complexity index is 583. The van der Waals surface area contributed by atoms with E-state index in [9.17, 15) is 14.4 Å². The molecule has 1 fully saturated rings. The van der Waals surface area contributed by atoms with Crippen molar-refractivity contribution in [2.75, 3.05) is 10.6 Å². The lowest BCUT2D eigenvalue weighted by Crippen LogP contribution is -2.17. The number of amides is 2. The van der Waals surface area contributed by atoms with Crippen LogP contribution in [0.4, 0.5) is 11.4 Å². The molecule has 0 saturated heterocycles. The summed E-state index contributed by atoms with van der Waals surface area (Å²) in [4.78, 5) is 33.6. The molecule has 1 aromatic carbocycles. The van der Waals surface area contributed by atoms with Crippen molar-refractivity contribution in [3.8, 4) is 0 Å². The number of carbonyl (C=O) groups excluding carboxylic acids is 2. The third-order valence-electron chi connectivity index (χ3n) is 3.26. The molecule has 2 amide bonds. The Morgan fingerprint density at radius 2 is 1.90 bits per heavy atom. The van der Waals surface area contributed by atoms with E-state index in [1.807, 2.05) is 6.92 Å². The summed E-state index contributed by atoms with van der Waals surface area (Å²) >= 11 is 0. The monoisotopic (exact) mass is 276 g/mol. The van der Waals surface area contributed by atoms with Crippen LogP contribution in [-0.4, -0.2) is 22.9 Å². The summed E-state index contributed by atoms with van der Waals surface area (Å²) in [7, 11) is 0. The summed E-state index contributed by atoms with van der Waals surface area (Å²) in [6, 6.07) is 5.16. The lowest BCUT2D eigenvalue weighted by Gasteiger charge is -2.10. The van der Waals surface area contributed by atoms with Gasteiger partial charge in [-0.1, -0.05) is 6.07 Å². The van der Waals surface area contributed by atoms with Crippen molar-refractivity contribution < 1.29 is 19.5 Å². The second-order valence-corrected chi connectivity index (χ2v) is 4.99. The van der Waals surface area contributed by atoms with E-state index >= 15 is 0 Å². The van der Waals surface area contributed by atoms with Crippen LogP contribution in [0.3, 0.4) is 0 Å². The maximum Gasteiger partial charge on any atom is 0.307 e. The fourth-order valence-electron chi connectivity index (χ4n) is 2.02. The van der Waals surface area contributed by atoms with Crippen LogP contribution in [0.1, 0.15) is 18.9 Å². The highest BCUT2D eigenvalue weighted by Gasteiger charge is 2.48. The second-order valence-electron chi connectivity index (χ2n) is 4.99. The second kappa shape index (κ2) is 5.32. The molecule has 0 aromatic heterocycles. The molecule has 1 aromatic rings. The minimum atomic E-state index is -0.937. The van der Waals surface area contributed by atoms with Gasteiger partial charge in [-0.15, -0.1) is 0 Å². The van der Waals surface area contributed by atoms with E-state index in [0.29, 0.717) is 17.8 Å². The number of carboxylic acids is 1. The summed E-state index contributed by atoms with van der Waals surface area (Å²) in [6.45, 7) is 3.25. The molecule has 1 saturated carbocycles. The Kier molecular flexibility index (Phi) is 3.74. The van der Waals surface area contributed by atoms with Crippen LogP contribution >= 0.6 is 0 Å². The highest BCUT2D eigenvalue weighted by molar-refractivity contribution is 5.99. The summed E-state index contributed by atoms with van der Waals surface area (Å²) < 4.78 is 0. The van der Waals surface area contributed by atoms with E-state index in [2.05, 4.69) is 10.6 Å². The molecule has 2 atom stereocenters. The first kappa shape index (κ1) is 14.0. The van der Waals surface area contributed by atoms with Gasteiger partial charge >= 0.3 is 5.97 Å². The van der Waals surface area contributed by atoms with Crippen LogP contribution in [0.25, 0.3) is 0 Å². The largest absolute Gasteiger partial charge is 0.481 e. The lowest BCUT2D eigenvalue weighted by atomic mass is 10.1. The van der Waals surface area contributed by atoms with Gasteiger partial charge in [-0.05, 0) is 31.0 Å². The highest BCUT2D eigenvalue weighted by Crippen LogP contribution is 2.39. The molecule has 20 heavy (non-hydrogen) atoms. The molecule has 0 aliphatic heterocycles. The van der Waals surface area contributed by atoms with Gasteiger partial charge in [0.15, 0.2) is 0 Å². The van der Waals surface area contributed by atoms with Gasteiger partial charge in [0.05, 0.1) is 11.8 Å². The summed E-state index contributed by atoms with van der Waals surface area (Å²) in [6.07, 6.45) is 0.381. The van der Waals surface area contributed by atoms with E-state index in [1.54, 1.807) is 18.2 Å². The maximum absolute atomic E-state index is 11.8. The maximum atomic E-state index is 11.8. The van der Waals surface area contributed by atoms with Crippen LogP contribution in [0.2, 0.25) is 0 Å².